The lowest BCUT2D eigenvalue weighted by Crippen LogP contribution is -2.25. The van der Waals surface area contributed by atoms with Crippen LogP contribution in [0.25, 0.3) is 10.9 Å². The van der Waals surface area contributed by atoms with Crippen molar-refractivity contribution >= 4 is 28.4 Å². The molecule has 0 saturated carbocycles. The van der Waals surface area contributed by atoms with Crippen LogP contribution in [0.1, 0.15) is 59.3 Å². The minimum Gasteiger partial charge on any atom is -0.477 e. The van der Waals surface area contributed by atoms with Gasteiger partial charge in [0.1, 0.15) is 5.02 Å². The lowest BCUT2D eigenvalue weighted by Gasteiger charge is -2.08. The molecule has 0 aliphatic carbocycles. The molecule has 1 aromatic heterocycles. The van der Waals surface area contributed by atoms with E-state index in [0.29, 0.717) is 30.0 Å². The van der Waals surface area contributed by atoms with Crippen molar-refractivity contribution in [2.75, 3.05) is 13.2 Å². The van der Waals surface area contributed by atoms with Crippen LogP contribution in [0.5, 0.6) is 5.88 Å². The summed E-state index contributed by atoms with van der Waals surface area (Å²) in [4.78, 5) is 16.2. The van der Waals surface area contributed by atoms with Crippen LogP contribution in [0.4, 0.5) is 0 Å². The van der Waals surface area contributed by atoms with Crippen molar-refractivity contribution in [3.8, 4) is 5.88 Å². The summed E-state index contributed by atoms with van der Waals surface area (Å²) < 4.78 is 5.79. The smallest absolute Gasteiger partial charge is 0.244 e. The Morgan fingerprint density at radius 1 is 1.16 bits per heavy atom. The maximum absolute atomic E-state index is 11.7. The number of allylic oxidation sites excluding steroid dienone is 3. The Bertz CT molecular complexity index is 890. The summed E-state index contributed by atoms with van der Waals surface area (Å²) in [6.07, 6.45) is 12.5. The molecule has 0 unspecified atom stereocenters. The largest absolute Gasteiger partial charge is 0.477 e. The van der Waals surface area contributed by atoms with Gasteiger partial charge in [-0.15, -0.1) is 0 Å². The van der Waals surface area contributed by atoms with Crippen molar-refractivity contribution in [3.05, 3.63) is 59.2 Å². The van der Waals surface area contributed by atoms with Gasteiger partial charge in [0.05, 0.1) is 12.1 Å². The number of nitrogens with zero attached hydrogens (tertiary/aromatic N) is 1. The fourth-order valence-corrected chi connectivity index (χ4v) is 3.33. The van der Waals surface area contributed by atoms with Gasteiger partial charge >= 0.3 is 0 Å². The van der Waals surface area contributed by atoms with Gasteiger partial charge < -0.3 is 10.1 Å². The number of benzene rings is 1. The second-order valence-electron chi connectivity index (χ2n) is 8.30. The maximum atomic E-state index is 11.7. The number of pyridine rings is 1. The van der Waals surface area contributed by atoms with E-state index in [1.165, 1.54) is 12.8 Å². The molecule has 1 heterocycles. The van der Waals surface area contributed by atoms with Gasteiger partial charge in [0.2, 0.25) is 11.8 Å². The van der Waals surface area contributed by atoms with Gasteiger partial charge in [-0.3, -0.25) is 4.79 Å². The highest BCUT2D eigenvalue weighted by molar-refractivity contribution is 6.32. The molecule has 31 heavy (non-hydrogen) atoms. The average molecular weight is 443 g/mol. The highest BCUT2D eigenvalue weighted by atomic mass is 35.5. The number of nitrogens with one attached hydrogen (secondary N) is 1. The number of amides is 1. The van der Waals surface area contributed by atoms with Crippen molar-refractivity contribution in [2.45, 2.75) is 59.3 Å². The van der Waals surface area contributed by atoms with E-state index in [1.54, 1.807) is 6.08 Å². The zero-order valence-electron chi connectivity index (χ0n) is 19.0. The molecule has 0 spiro atoms. The van der Waals surface area contributed by atoms with Crippen LogP contribution in [-0.2, 0) is 4.79 Å². The molecule has 0 bridgehead atoms. The summed E-state index contributed by atoms with van der Waals surface area (Å²) in [5.41, 5.74) is 1.88. The van der Waals surface area contributed by atoms with Crippen LogP contribution in [0, 0.1) is 5.92 Å². The van der Waals surface area contributed by atoms with Crippen molar-refractivity contribution in [1.29, 1.82) is 0 Å². The Morgan fingerprint density at radius 2 is 1.90 bits per heavy atom. The Labute approximate surface area is 191 Å². The standard InChI is InChI=1S/C26H35ClN2O2/c1-20(2)19-28-25(30)17-21(3)13-9-7-5-4-6-8-12-16-31-26-23(27)18-22-14-10-11-15-24(22)29-26/h9-11,13-15,17-18,20H,4-8,12,16,19H2,1-3H3,(H,28,30). The molecule has 0 atom stereocenters. The first-order chi connectivity index (χ1) is 15.0. The van der Waals surface area contributed by atoms with Gasteiger partial charge in [0.25, 0.3) is 0 Å². The molecule has 168 valence electrons. The van der Waals surface area contributed by atoms with Gasteiger partial charge in [-0.2, -0.15) is 0 Å². The molecule has 1 amide bonds. The van der Waals surface area contributed by atoms with Crippen LogP contribution in [0.15, 0.2) is 54.1 Å². The van der Waals surface area contributed by atoms with E-state index in [4.69, 9.17) is 16.3 Å². The zero-order valence-corrected chi connectivity index (χ0v) is 19.8. The third kappa shape index (κ3) is 10.0. The molecule has 2 aromatic rings. The summed E-state index contributed by atoms with van der Waals surface area (Å²) in [5.74, 6) is 0.970. The van der Waals surface area contributed by atoms with E-state index in [9.17, 15) is 4.79 Å². The Balaban J connectivity index is 1.54. The summed E-state index contributed by atoms with van der Waals surface area (Å²) in [5, 5.41) is 4.48. The third-order valence-electron chi connectivity index (χ3n) is 4.82. The third-order valence-corrected chi connectivity index (χ3v) is 5.09. The van der Waals surface area contributed by atoms with Crippen LogP contribution in [-0.4, -0.2) is 24.0 Å². The first kappa shape index (κ1) is 24.9. The monoisotopic (exact) mass is 442 g/mol. The van der Waals surface area contributed by atoms with E-state index in [1.807, 2.05) is 43.3 Å². The number of hydrogen-bond donors (Lipinski definition) is 1. The predicted octanol–water partition coefficient (Wildman–Crippen LogP) is 6.88. The van der Waals surface area contributed by atoms with E-state index in [-0.39, 0.29) is 5.91 Å². The predicted molar refractivity (Wildman–Crippen MR) is 131 cm³/mol. The molecule has 1 aromatic carbocycles. The van der Waals surface area contributed by atoms with Gasteiger partial charge in [0, 0.05) is 18.0 Å². The molecule has 2 rings (SSSR count). The number of halogens is 1. The molecule has 0 aliphatic heterocycles. The molecular formula is C26H35ClN2O2. The summed E-state index contributed by atoms with van der Waals surface area (Å²) in [6, 6.07) is 9.80. The molecule has 0 fully saturated rings. The average Bonchev–Trinajstić information content (AvgIpc) is 2.73. The highest BCUT2D eigenvalue weighted by Gasteiger charge is 2.06. The molecule has 5 heteroatoms. The van der Waals surface area contributed by atoms with Crippen LogP contribution >= 0.6 is 11.6 Å². The van der Waals surface area contributed by atoms with E-state index in [0.717, 1.165) is 42.2 Å². The second-order valence-corrected chi connectivity index (χ2v) is 8.71. The second kappa shape index (κ2) is 13.9. The topological polar surface area (TPSA) is 51.2 Å². The van der Waals surface area contributed by atoms with Crippen molar-refractivity contribution in [2.24, 2.45) is 5.92 Å². The quantitative estimate of drug-likeness (QED) is 0.209. The number of unbranched alkanes of at least 4 members (excludes halogenated alkanes) is 5. The van der Waals surface area contributed by atoms with E-state index in [2.05, 4.69) is 30.2 Å². The van der Waals surface area contributed by atoms with Crippen LogP contribution < -0.4 is 10.1 Å². The van der Waals surface area contributed by atoms with Gasteiger partial charge in [-0.05, 0) is 49.8 Å². The summed E-state index contributed by atoms with van der Waals surface area (Å²) in [7, 11) is 0. The van der Waals surface area contributed by atoms with Gasteiger partial charge in [-0.1, -0.05) is 75.1 Å². The molecule has 4 nitrogen and oxygen atoms in total. The Hall–Kier alpha value is -2.33. The number of para-hydroxylation sites is 1. The number of ether oxygens (including phenoxy) is 1. The van der Waals surface area contributed by atoms with E-state index < -0.39 is 0 Å². The number of carbonyl (C=O) groups is 1. The Morgan fingerprint density at radius 3 is 2.71 bits per heavy atom. The molecule has 0 aliphatic rings. The molecule has 1 N–H and O–H groups in total. The van der Waals surface area contributed by atoms with Gasteiger partial charge in [-0.25, -0.2) is 4.98 Å². The lowest BCUT2D eigenvalue weighted by molar-refractivity contribution is -0.116. The Kier molecular flexibility index (Phi) is 11.2. The number of fused-ring (bicyclic) bond motifs is 1. The number of rotatable bonds is 13. The lowest BCUT2D eigenvalue weighted by atomic mass is 10.1. The zero-order chi connectivity index (χ0) is 22.5. The molecule has 0 radical (unpaired) electrons. The normalized spacial score (nSPS) is 12.1. The summed E-state index contributed by atoms with van der Waals surface area (Å²) >= 11 is 6.27. The SMILES string of the molecule is CC(C=CCCCCCCCOc1nc2ccccc2cc1Cl)=CC(=O)NCC(C)C. The maximum Gasteiger partial charge on any atom is 0.244 e. The molecule has 0 saturated heterocycles. The first-order valence-corrected chi connectivity index (χ1v) is 11.6. The minimum absolute atomic E-state index is 0.0155. The number of aromatic nitrogens is 1. The van der Waals surface area contributed by atoms with Crippen LogP contribution in [0.2, 0.25) is 5.02 Å². The number of carbonyl (C=O) groups excluding carboxylic acids is 1. The fourth-order valence-electron chi connectivity index (χ4n) is 3.12. The summed E-state index contributed by atoms with van der Waals surface area (Å²) in [6.45, 7) is 7.47. The van der Waals surface area contributed by atoms with Gasteiger partial charge in [0.15, 0.2) is 0 Å². The van der Waals surface area contributed by atoms with E-state index >= 15 is 0 Å². The molecular weight excluding hydrogens is 408 g/mol. The number of hydrogen-bond acceptors (Lipinski definition) is 3. The minimum atomic E-state index is -0.0155. The van der Waals surface area contributed by atoms with Crippen LogP contribution in [0.3, 0.4) is 0 Å². The first-order valence-electron chi connectivity index (χ1n) is 11.3. The van der Waals surface area contributed by atoms with Crippen molar-refractivity contribution < 1.29 is 9.53 Å². The highest BCUT2D eigenvalue weighted by Crippen LogP contribution is 2.26. The fraction of sp³-hybridized carbons (Fsp3) is 0.462. The van der Waals surface area contributed by atoms with Crippen molar-refractivity contribution in [3.63, 3.8) is 0 Å². The van der Waals surface area contributed by atoms with Crippen molar-refractivity contribution in [1.82, 2.24) is 10.3 Å².